The van der Waals surface area contributed by atoms with Crippen LogP contribution in [-0.2, 0) is 0 Å². The maximum atomic E-state index is 11.8. The molecule has 6 heteroatoms. The van der Waals surface area contributed by atoms with Gasteiger partial charge in [-0.3, -0.25) is 4.79 Å². The quantitative estimate of drug-likeness (QED) is 0.689. The summed E-state index contributed by atoms with van der Waals surface area (Å²) in [5.74, 6) is 1.71. The smallest absolute Gasteiger partial charge is 0.271 e. The Hall–Kier alpha value is -2.08. The fraction of sp³-hybridized carbons (Fsp3) is 0.143. The lowest BCUT2D eigenvalue weighted by Gasteiger charge is -2.01. The Labute approximate surface area is 124 Å². The first kappa shape index (κ1) is 14.3. The Kier molecular flexibility index (Phi) is 4.57. The highest BCUT2D eigenvalue weighted by molar-refractivity contribution is 9.10. The van der Waals surface area contributed by atoms with Crippen molar-refractivity contribution in [2.24, 2.45) is 5.10 Å². The molecule has 0 saturated heterocycles. The second kappa shape index (κ2) is 6.38. The number of furan rings is 1. The number of hydrogen-bond donors (Lipinski definition) is 1. The van der Waals surface area contributed by atoms with Crippen molar-refractivity contribution in [3.05, 3.63) is 51.9 Å². The number of halogens is 1. The molecule has 5 nitrogen and oxygen atoms in total. The van der Waals surface area contributed by atoms with E-state index in [0.717, 1.165) is 10.2 Å². The molecule has 1 amide bonds. The number of methoxy groups -OCH3 is 1. The van der Waals surface area contributed by atoms with Gasteiger partial charge in [-0.2, -0.15) is 5.10 Å². The average Bonchev–Trinajstić information content (AvgIpc) is 2.77. The molecular weight excluding hydrogens is 324 g/mol. The zero-order chi connectivity index (χ0) is 14.5. The van der Waals surface area contributed by atoms with Gasteiger partial charge in [-0.15, -0.1) is 0 Å². The molecule has 1 aromatic heterocycles. The Morgan fingerprint density at radius 3 is 2.65 bits per heavy atom. The van der Waals surface area contributed by atoms with Crippen LogP contribution in [0.5, 0.6) is 5.75 Å². The molecule has 0 radical (unpaired) electrons. The van der Waals surface area contributed by atoms with Crippen molar-refractivity contribution in [3.63, 3.8) is 0 Å². The minimum atomic E-state index is -0.300. The van der Waals surface area contributed by atoms with Crippen LogP contribution >= 0.6 is 15.9 Å². The number of benzene rings is 1. The van der Waals surface area contributed by atoms with Crippen LogP contribution < -0.4 is 10.2 Å². The summed E-state index contributed by atoms with van der Waals surface area (Å²) in [6.45, 7) is 1.83. The zero-order valence-electron chi connectivity index (χ0n) is 11.0. The lowest BCUT2D eigenvalue weighted by atomic mass is 10.2. The summed E-state index contributed by atoms with van der Waals surface area (Å²) in [7, 11) is 1.57. The Balaban J connectivity index is 1.97. The van der Waals surface area contributed by atoms with E-state index in [1.807, 2.05) is 6.92 Å². The molecular formula is C14H13BrN2O3. The fourth-order valence-electron chi connectivity index (χ4n) is 1.51. The van der Waals surface area contributed by atoms with Crippen molar-refractivity contribution >= 4 is 28.1 Å². The number of carbonyl (C=O) groups excluding carboxylic acids is 1. The summed E-state index contributed by atoms with van der Waals surface area (Å²) in [5, 5.41) is 3.84. The number of amides is 1. The predicted octanol–water partition coefficient (Wildman–Crippen LogP) is 3.12. The number of hydrogen-bond acceptors (Lipinski definition) is 4. The Morgan fingerprint density at radius 1 is 1.40 bits per heavy atom. The van der Waals surface area contributed by atoms with E-state index in [4.69, 9.17) is 9.15 Å². The van der Waals surface area contributed by atoms with Crippen LogP contribution in [0.2, 0.25) is 0 Å². The highest BCUT2D eigenvalue weighted by atomic mass is 79.9. The first-order valence-electron chi connectivity index (χ1n) is 5.83. The van der Waals surface area contributed by atoms with Gasteiger partial charge in [0.05, 0.1) is 17.8 Å². The van der Waals surface area contributed by atoms with Crippen molar-refractivity contribution in [1.82, 2.24) is 5.43 Å². The summed E-state index contributed by atoms with van der Waals surface area (Å²) >= 11 is 3.33. The third-order valence-electron chi connectivity index (χ3n) is 2.59. The van der Waals surface area contributed by atoms with E-state index >= 15 is 0 Å². The summed E-state index contributed by atoms with van der Waals surface area (Å²) in [4.78, 5) is 11.8. The maximum Gasteiger partial charge on any atom is 0.271 e. The number of nitrogens with one attached hydrogen (secondary N) is 1. The van der Waals surface area contributed by atoms with Crippen LogP contribution in [0, 0.1) is 6.92 Å². The van der Waals surface area contributed by atoms with Crippen molar-refractivity contribution in [2.75, 3.05) is 7.11 Å². The molecule has 0 bridgehead atoms. The Bertz CT molecular complexity index is 613. The van der Waals surface area contributed by atoms with Gasteiger partial charge < -0.3 is 9.15 Å². The van der Waals surface area contributed by atoms with Gasteiger partial charge >= 0.3 is 0 Å². The summed E-state index contributed by atoms with van der Waals surface area (Å²) in [6.07, 6.45) is 1.44. The van der Waals surface area contributed by atoms with Gasteiger partial charge in [0.15, 0.2) is 0 Å². The van der Waals surface area contributed by atoms with E-state index in [0.29, 0.717) is 17.1 Å². The van der Waals surface area contributed by atoms with Gasteiger partial charge in [-0.05, 0) is 47.1 Å². The standard InChI is InChI=1S/C14H13BrN2O3/c1-9-13(15)7-12(20-9)8-16-17-14(18)10-3-5-11(19-2)6-4-10/h3-8H,1-2H3,(H,17,18). The minimum absolute atomic E-state index is 0.300. The second-order valence-electron chi connectivity index (χ2n) is 3.98. The molecule has 1 N–H and O–H groups in total. The third kappa shape index (κ3) is 3.48. The van der Waals surface area contributed by atoms with Gasteiger partial charge in [-0.1, -0.05) is 0 Å². The lowest BCUT2D eigenvalue weighted by Crippen LogP contribution is -2.17. The molecule has 2 rings (SSSR count). The molecule has 0 spiro atoms. The van der Waals surface area contributed by atoms with Crippen molar-refractivity contribution in [2.45, 2.75) is 6.92 Å². The van der Waals surface area contributed by atoms with Gasteiger partial charge in [-0.25, -0.2) is 5.43 Å². The van der Waals surface area contributed by atoms with Gasteiger partial charge in [0, 0.05) is 11.6 Å². The average molecular weight is 337 g/mol. The number of carbonyl (C=O) groups is 1. The molecule has 0 saturated carbocycles. The molecule has 1 aromatic carbocycles. The second-order valence-corrected chi connectivity index (χ2v) is 4.83. The van der Waals surface area contributed by atoms with Crippen LogP contribution in [0.3, 0.4) is 0 Å². The number of nitrogens with zero attached hydrogens (tertiary/aromatic N) is 1. The highest BCUT2D eigenvalue weighted by Gasteiger charge is 2.05. The largest absolute Gasteiger partial charge is 0.497 e. The molecule has 0 atom stereocenters. The third-order valence-corrected chi connectivity index (χ3v) is 3.37. The molecule has 0 aliphatic carbocycles. The molecule has 20 heavy (non-hydrogen) atoms. The van der Waals surface area contributed by atoms with Crippen molar-refractivity contribution in [3.8, 4) is 5.75 Å². The summed E-state index contributed by atoms with van der Waals surface area (Å²) in [6, 6.07) is 8.53. The SMILES string of the molecule is COc1ccc(C(=O)NN=Cc2cc(Br)c(C)o2)cc1. The zero-order valence-corrected chi connectivity index (χ0v) is 12.6. The van der Waals surface area contributed by atoms with Crippen LogP contribution in [0.4, 0.5) is 0 Å². The maximum absolute atomic E-state index is 11.8. The molecule has 104 valence electrons. The van der Waals surface area contributed by atoms with Gasteiger partial charge in [0.2, 0.25) is 0 Å². The fourth-order valence-corrected chi connectivity index (χ4v) is 1.81. The van der Waals surface area contributed by atoms with Crippen LogP contribution in [-0.4, -0.2) is 19.2 Å². The highest BCUT2D eigenvalue weighted by Crippen LogP contribution is 2.19. The van der Waals surface area contributed by atoms with E-state index in [-0.39, 0.29) is 5.91 Å². The van der Waals surface area contributed by atoms with E-state index in [9.17, 15) is 4.79 Å². The van der Waals surface area contributed by atoms with E-state index < -0.39 is 0 Å². The normalized spacial score (nSPS) is 10.8. The van der Waals surface area contributed by atoms with Crippen LogP contribution in [0.1, 0.15) is 21.9 Å². The molecule has 2 aromatic rings. The molecule has 1 heterocycles. The minimum Gasteiger partial charge on any atom is -0.497 e. The summed E-state index contributed by atoms with van der Waals surface area (Å²) < 4.78 is 11.3. The van der Waals surface area contributed by atoms with Crippen LogP contribution in [0.15, 0.2) is 44.3 Å². The van der Waals surface area contributed by atoms with E-state index in [1.165, 1.54) is 6.21 Å². The molecule has 0 aliphatic rings. The lowest BCUT2D eigenvalue weighted by molar-refractivity contribution is 0.0955. The first-order valence-corrected chi connectivity index (χ1v) is 6.63. The van der Waals surface area contributed by atoms with E-state index in [2.05, 4.69) is 26.5 Å². The van der Waals surface area contributed by atoms with Crippen LogP contribution in [0.25, 0.3) is 0 Å². The Morgan fingerprint density at radius 2 is 2.10 bits per heavy atom. The first-order chi connectivity index (χ1) is 9.60. The van der Waals surface area contributed by atoms with Crippen molar-refractivity contribution < 1.29 is 13.9 Å². The topological polar surface area (TPSA) is 63.8 Å². The number of ether oxygens (including phenoxy) is 1. The number of hydrazone groups is 1. The number of rotatable bonds is 4. The van der Waals surface area contributed by atoms with Crippen molar-refractivity contribution in [1.29, 1.82) is 0 Å². The molecule has 0 aliphatic heterocycles. The number of aryl methyl sites for hydroxylation is 1. The monoisotopic (exact) mass is 336 g/mol. The molecule has 0 fully saturated rings. The van der Waals surface area contributed by atoms with Gasteiger partial charge in [0.1, 0.15) is 17.3 Å². The summed E-state index contributed by atoms with van der Waals surface area (Å²) in [5.41, 5.74) is 2.93. The molecule has 0 unspecified atom stereocenters. The predicted molar refractivity (Wildman–Crippen MR) is 79.2 cm³/mol. The van der Waals surface area contributed by atoms with Gasteiger partial charge in [0.25, 0.3) is 5.91 Å². The van der Waals surface area contributed by atoms with E-state index in [1.54, 1.807) is 37.4 Å².